The molecule has 0 aliphatic rings. The molecule has 0 saturated heterocycles. The predicted molar refractivity (Wildman–Crippen MR) is 118 cm³/mol. The molecule has 3 aromatic rings. The standard InChI is InChI=1S/C19H22N4S.HI/c1-3-15-8-9-16(24-15)12-22-19(20-2)23-13-18-17-7-5-4-6-14(17)10-11-21-18;/h4-11H,3,12-13H2,1-2H3,(H2,20,22,23);1H. The fourth-order valence-corrected chi connectivity index (χ4v) is 3.49. The van der Waals surface area contributed by atoms with E-state index >= 15 is 0 Å². The normalized spacial score (nSPS) is 11.2. The molecule has 2 aromatic heterocycles. The molecule has 0 saturated carbocycles. The second-order valence-electron chi connectivity index (χ2n) is 5.48. The van der Waals surface area contributed by atoms with Gasteiger partial charge in [0.2, 0.25) is 0 Å². The van der Waals surface area contributed by atoms with E-state index in [1.165, 1.54) is 20.5 Å². The van der Waals surface area contributed by atoms with Crippen LogP contribution in [0, 0.1) is 0 Å². The molecule has 0 bridgehead atoms. The molecule has 0 amide bonds. The minimum Gasteiger partial charge on any atom is -0.352 e. The summed E-state index contributed by atoms with van der Waals surface area (Å²) < 4.78 is 0. The quantitative estimate of drug-likeness (QED) is 0.334. The third kappa shape index (κ3) is 5.15. The van der Waals surface area contributed by atoms with E-state index in [9.17, 15) is 0 Å². The van der Waals surface area contributed by atoms with Gasteiger partial charge in [-0.25, -0.2) is 0 Å². The Kier molecular flexibility index (Phi) is 7.64. The van der Waals surface area contributed by atoms with Crippen LogP contribution in [0.15, 0.2) is 53.7 Å². The molecule has 1 aromatic carbocycles. The van der Waals surface area contributed by atoms with Gasteiger partial charge in [-0.15, -0.1) is 35.3 Å². The highest BCUT2D eigenvalue weighted by molar-refractivity contribution is 14.0. The summed E-state index contributed by atoms with van der Waals surface area (Å²) in [5.74, 6) is 0.788. The summed E-state index contributed by atoms with van der Waals surface area (Å²) in [5, 5.41) is 9.09. The third-order valence-corrected chi connectivity index (χ3v) is 5.13. The number of aryl methyl sites for hydroxylation is 1. The maximum atomic E-state index is 4.50. The molecule has 4 nitrogen and oxygen atoms in total. The number of thiophene rings is 1. The number of benzene rings is 1. The Balaban J connectivity index is 0.00000225. The fourth-order valence-electron chi connectivity index (χ4n) is 2.59. The second-order valence-corrected chi connectivity index (χ2v) is 6.73. The van der Waals surface area contributed by atoms with Gasteiger partial charge in [0.15, 0.2) is 5.96 Å². The summed E-state index contributed by atoms with van der Waals surface area (Å²) >= 11 is 1.84. The zero-order chi connectivity index (χ0) is 16.8. The molecule has 25 heavy (non-hydrogen) atoms. The minimum absolute atomic E-state index is 0. The van der Waals surface area contributed by atoms with Gasteiger partial charge in [-0.2, -0.15) is 0 Å². The van der Waals surface area contributed by atoms with Crippen molar-refractivity contribution >= 4 is 52.0 Å². The Hall–Kier alpha value is -1.67. The van der Waals surface area contributed by atoms with E-state index in [2.05, 4.69) is 51.8 Å². The van der Waals surface area contributed by atoms with Crippen molar-refractivity contribution in [3.8, 4) is 0 Å². The van der Waals surface area contributed by atoms with Crippen LogP contribution in [0.5, 0.6) is 0 Å². The molecule has 2 heterocycles. The van der Waals surface area contributed by atoms with E-state index in [0.29, 0.717) is 6.54 Å². The Labute approximate surface area is 169 Å². The summed E-state index contributed by atoms with van der Waals surface area (Å²) in [5.41, 5.74) is 1.03. The molecule has 0 aliphatic heterocycles. The Morgan fingerprint density at radius 3 is 2.56 bits per heavy atom. The fraction of sp³-hybridized carbons (Fsp3) is 0.263. The lowest BCUT2D eigenvalue weighted by molar-refractivity contribution is 0.804. The first-order chi connectivity index (χ1) is 11.8. The SMILES string of the molecule is CCc1ccc(CNC(=NC)NCc2nccc3ccccc23)s1.I. The van der Waals surface area contributed by atoms with Crippen LogP contribution in [-0.4, -0.2) is 18.0 Å². The van der Waals surface area contributed by atoms with Crippen LogP contribution >= 0.6 is 35.3 Å². The summed E-state index contributed by atoms with van der Waals surface area (Å²) in [6.45, 7) is 3.61. The van der Waals surface area contributed by atoms with Gasteiger partial charge >= 0.3 is 0 Å². The highest BCUT2D eigenvalue weighted by Gasteiger charge is 2.04. The monoisotopic (exact) mass is 466 g/mol. The topological polar surface area (TPSA) is 49.3 Å². The molecule has 132 valence electrons. The van der Waals surface area contributed by atoms with Gasteiger partial charge in [-0.05, 0) is 30.0 Å². The number of rotatable bonds is 5. The van der Waals surface area contributed by atoms with E-state index in [-0.39, 0.29) is 24.0 Å². The number of pyridine rings is 1. The molecule has 0 radical (unpaired) electrons. The first kappa shape index (κ1) is 19.7. The van der Waals surface area contributed by atoms with E-state index in [1.54, 1.807) is 7.05 Å². The average Bonchev–Trinajstić information content (AvgIpc) is 3.10. The van der Waals surface area contributed by atoms with Gasteiger partial charge in [-0.1, -0.05) is 31.2 Å². The number of hydrogen-bond donors (Lipinski definition) is 2. The number of fused-ring (bicyclic) bond motifs is 1. The van der Waals surface area contributed by atoms with Gasteiger partial charge in [0.05, 0.1) is 18.8 Å². The zero-order valence-electron chi connectivity index (χ0n) is 14.5. The highest BCUT2D eigenvalue weighted by Crippen LogP contribution is 2.17. The minimum atomic E-state index is 0. The number of nitrogens with one attached hydrogen (secondary N) is 2. The van der Waals surface area contributed by atoms with Gasteiger partial charge in [0.25, 0.3) is 0 Å². The number of halogens is 1. The van der Waals surface area contributed by atoms with Gasteiger partial charge < -0.3 is 10.6 Å². The summed E-state index contributed by atoms with van der Waals surface area (Å²) in [4.78, 5) is 11.5. The number of aromatic nitrogens is 1. The van der Waals surface area contributed by atoms with Crippen LogP contribution in [-0.2, 0) is 19.5 Å². The predicted octanol–water partition coefficient (Wildman–Crippen LogP) is 4.34. The summed E-state index contributed by atoms with van der Waals surface area (Å²) in [6.07, 6.45) is 2.94. The maximum absolute atomic E-state index is 4.50. The molecular formula is C19H23IN4S. The smallest absolute Gasteiger partial charge is 0.191 e. The average molecular weight is 466 g/mol. The van der Waals surface area contributed by atoms with Crippen molar-refractivity contribution in [2.24, 2.45) is 4.99 Å². The summed E-state index contributed by atoms with van der Waals surface area (Å²) in [7, 11) is 1.79. The van der Waals surface area contributed by atoms with Crippen molar-refractivity contribution in [1.82, 2.24) is 15.6 Å². The van der Waals surface area contributed by atoms with Crippen LogP contribution < -0.4 is 10.6 Å². The van der Waals surface area contributed by atoms with E-state index in [0.717, 1.165) is 24.6 Å². The summed E-state index contributed by atoms with van der Waals surface area (Å²) in [6, 6.07) is 14.7. The Morgan fingerprint density at radius 2 is 1.80 bits per heavy atom. The molecule has 0 atom stereocenters. The number of aliphatic imine (C=N–C) groups is 1. The lowest BCUT2D eigenvalue weighted by Gasteiger charge is -2.12. The molecule has 3 rings (SSSR count). The molecule has 0 unspecified atom stereocenters. The van der Waals surface area contributed by atoms with Crippen LogP contribution in [0.3, 0.4) is 0 Å². The zero-order valence-corrected chi connectivity index (χ0v) is 17.6. The van der Waals surface area contributed by atoms with E-state index < -0.39 is 0 Å². The Bertz CT molecular complexity index is 839. The first-order valence-electron chi connectivity index (χ1n) is 8.15. The largest absolute Gasteiger partial charge is 0.352 e. The molecule has 0 fully saturated rings. The van der Waals surface area contributed by atoms with Crippen molar-refractivity contribution in [2.75, 3.05) is 7.05 Å². The second kappa shape index (κ2) is 9.72. The van der Waals surface area contributed by atoms with Crippen molar-refractivity contribution in [1.29, 1.82) is 0 Å². The van der Waals surface area contributed by atoms with Crippen LogP contribution in [0.1, 0.15) is 22.4 Å². The van der Waals surface area contributed by atoms with Crippen molar-refractivity contribution in [2.45, 2.75) is 26.4 Å². The van der Waals surface area contributed by atoms with Crippen molar-refractivity contribution in [3.05, 3.63) is 64.1 Å². The maximum Gasteiger partial charge on any atom is 0.191 e. The molecule has 6 heteroatoms. The lowest BCUT2D eigenvalue weighted by Crippen LogP contribution is -2.36. The Morgan fingerprint density at radius 1 is 1.04 bits per heavy atom. The first-order valence-corrected chi connectivity index (χ1v) is 8.96. The third-order valence-electron chi connectivity index (χ3n) is 3.90. The molecule has 0 aliphatic carbocycles. The highest BCUT2D eigenvalue weighted by atomic mass is 127. The van der Waals surface area contributed by atoms with E-state index in [1.807, 2.05) is 35.7 Å². The van der Waals surface area contributed by atoms with Crippen molar-refractivity contribution < 1.29 is 0 Å². The van der Waals surface area contributed by atoms with Gasteiger partial charge in [0.1, 0.15) is 0 Å². The van der Waals surface area contributed by atoms with E-state index in [4.69, 9.17) is 0 Å². The van der Waals surface area contributed by atoms with Gasteiger partial charge in [0, 0.05) is 28.4 Å². The van der Waals surface area contributed by atoms with Crippen LogP contribution in [0.2, 0.25) is 0 Å². The number of guanidine groups is 1. The number of nitrogens with zero attached hydrogens (tertiary/aromatic N) is 2. The van der Waals surface area contributed by atoms with Crippen LogP contribution in [0.25, 0.3) is 10.8 Å². The molecule has 2 N–H and O–H groups in total. The van der Waals surface area contributed by atoms with Crippen molar-refractivity contribution in [3.63, 3.8) is 0 Å². The lowest BCUT2D eigenvalue weighted by atomic mass is 10.1. The van der Waals surface area contributed by atoms with Crippen LogP contribution in [0.4, 0.5) is 0 Å². The number of hydrogen-bond acceptors (Lipinski definition) is 3. The molecular weight excluding hydrogens is 443 g/mol. The molecule has 0 spiro atoms. The van der Waals surface area contributed by atoms with Gasteiger partial charge in [-0.3, -0.25) is 9.98 Å².